The molecule has 1 heterocycles. The first kappa shape index (κ1) is 13.9. The van der Waals surface area contributed by atoms with Gasteiger partial charge in [0.2, 0.25) is 0 Å². The zero-order chi connectivity index (χ0) is 15.4. The maximum Gasteiger partial charge on any atom is 0.277 e. The molecule has 108 valence electrons. The van der Waals surface area contributed by atoms with Gasteiger partial charge in [-0.3, -0.25) is 4.79 Å². The molecule has 3 rings (SSSR count). The molecule has 4 nitrogen and oxygen atoms in total. The predicted molar refractivity (Wildman–Crippen MR) is 79.9 cm³/mol. The van der Waals surface area contributed by atoms with Gasteiger partial charge in [-0.2, -0.15) is 5.10 Å². The average molecular weight is 293 g/mol. The van der Waals surface area contributed by atoms with Gasteiger partial charge in [0.1, 0.15) is 5.82 Å². The van der Waals surface area contributed by atoms with Crippen molar-refractivity contribution in [1.82, 2.24) is 9.78 Å². The summed E-state index contributed by atoms with van der Waals surface area (Å²) < 4.78 is 14.8. The smallest absolute Gasteiger partial charge is 0.267 e. The second-order valence-corrected chi connectivity index (χ2v) is 4.59. The van der Waals surface area contributed by atoms with E-state index in [1.807, 2.05) is 30.3 Å². The Bertz CT molecular complexity index is 852. The monoisotopic (exact) mass is 293 g/mol. The Balaban J connectivity index is 1.88. The van der Waals surface area contributed by atoms with Crippen molar-refractivity contribution >= 4 is 5.91 Å². The van der Waals surface area contributed by atoms with Crippen LogP contribution in [0.15, 0.2) is 78.0 Å². The highest BCUT2D eigenvalue weighted by Gasteiger charge is 2.04. The second kappa shape index (κ2) is 6.13. The number of nitrogens with zero attached hydrogens (tertiary/aromatic N) is 3. The zero-order valence-corrected chi connectivity index (χ0v) is 11.6. The van der Waals surface area contributed by atoms with E-state index in [0.29, 0.717) is 5.36 Å². The highest BCUT2D eigenvalue weighted by atomic mass is 19.1. The summed E-state index contributed by atoms with van der Waals surface area (Å²) in [4.78, 5) is 15.9. The fourth-order valence-electron chi connectivity index (χ4n) is 1.95. The predicted octanol–water partition coefficient (Wildman–Crippen LogP) is 2.75. The van der Waals surface area contributed by atoms with Gasteiger partial charge in [0.05, 0.1) is 17.2 Å². The normalized spacial score (nSPS) is 11.4. The number of benzene rings is 2. The highest BCUT2D eigenvalue weighted by molar-refractivity contribution is 5.94. The third kappa shape index (κ3) is 3.15. The molecular formula is C17H12FN3O. The second-order valence-electron chi connectivity index (χ2n) is 4.59. The zero-order valence-electron chi connectivity index (χ0n) is 11.6. The molecule has 0 saturated heterocycles. The van der Waals surface area contributed by atoms with Crippen molar-refractivity contribution in [3.8, 4) is 5.69 Å². The molecule has 0 fully saturated rings. The minimum Gasteiger partial charge on any atom is -0.267 e. The molecule has 3 aromatic rings. The van der Waals surface area contributed by atoms with Gasteiger partial charge in [0.25, 0.3) is 5.91 Å². The molecule has 0 aliphatic heterocycles. The molecule has 5 heteroatoms. The summed E-state index contributed by atoms with van der Waals surface area (Å²) in [5, 5.41) is 4.63. The maximum atomic E-state index is 13.1. The molecule has 22 heavy (non-hydrogen) atoms. The van der Waals surface area contributed by atoms with Gasteiger partial charge in [-0.15, -0.1) is 0 Å². The fraction of sp³-hybridized carbons (Fsp3) is 0. The number of aromatic nitrogens is 2. The quantitative estimate of drug-likeness (QED) is 0.729. The van der Waals surface area contributed by atoms with Crippen LogP contribution in [-0.2, 0) is 0 Å². The van der Waals surface area contributed by atoms with Crippen molar-refractivity contribution in [1.29, 1.82) is 0 Å². The molecule has 2 aromatic carbocycles. The van der Waals surface area contributed by atoms with E-state index in [1.165, 1.54) is 24.4 Å². The van der Waals surface area contributed by atoms with Crippen LogP contribution >= 0.6 is 0 Å². The van der Waals surface area contributed by atoms with Crippen LogP contribution in [-0.4, -0.2) is 15.7 Å². The Morgan fingerprint density at radius 3 is 2.55 bits per heavy atom. The van der Waals surface area contributed by atoms with Gasteiger partial charge in [-0.25, -0.2) is 14.1 Å². The van der Waals surface area contributed by atoms with Crippen molar-refractivity contribution in [3.63, 3.8) is 0 Å². The van der Waals surface area contributed by atoms with Crippen LogP contribution in [0.25, 0.3) is 5.69 Å². The number of hydrogen-bond donors (Lipinski definition) is 0. The molecule has 0 aliphatic carbocycles. The number of halogens is 1. The molecule has 0 bridgehead atoms. The molecule has 0 unspecified atom stereocenters. The summed E-state index contributed by atoms with van der Waals surface area (Å²) in [6.45, 7) is 0. The summed E-state index contributed by atoms with van der Waals surface area (Å²) in [7, 11) is 0. The number of carbonyl (C=O) groups excluding carboxylic acids is 1. The van der Waals surface area contributed by atoms with Crippen molar-refractivity contribution < 1.29 is 9.18 Å². The summed E-state index contributed by atoms with van der Waals surface area (Å²) >= 11 is 0. The van der Waals surface area contributed by atoms with E-state index in [0.717, 1.165) is 11.8 Å². The first-order valence-corrected chi connectivity index (χ1v) is 6.67. The van der Waals surface area contributed by atoms with Crippen molar-refractivity contribution in [2.24, 2.45) is 4.99 Å². The van der Waals surface area contributed by atoms with Gasteiger partial charge in [0.15, 0.2) is 0 Å². The van der Waals surface area contributed by atoms with Gasteiger partial charge >= 0.3 is 0 Å². The topological polar surface area (TPSA) is 47.2 Å². The molecule has 1 aromatic heterocycles. The Kier molecular flexibility index (Phi) is 3.87. The third-order valence-corrected chi connectivity index (χ3v) is 3.02. The Morgan fingerprint density at radius 1 is 1.05 bits per heavy atom. The summed E-state index contributed by atoms with van der Waals surface area (Å²) in [6.07, 6.45) is 3.21. The first-order chi connectivity index (χ1) is 10.7. The van der Waals surface area contributed by atoms with E-state index >= 15 is 0 Å². The van der Waals surface area contributed by atoms with E-state index in [1.54, 1.807) is 16.9 Å². The lowest BCUT2D eigenvalue weighted by Crippen LogP contribution is -2.11. The van der Waals surface area contributed by atoms with E-state index < -0.39 is 11.7 Å². The standard InChI is InChI=1S/C17H12FN3O/c18-14-6-4-5-13(11-14)17(22)20-15-9-10-21(19-12-15)16-7-2-1-3-8-16/h1-12H. The number of hydrogen-bond acceptors (Lipinski definition) is 2. The Labute approximate surface area is 126 Å². The van der Waals surface area contributed by atoms with Crippen LogP contribution in [0.5, 0.6) is 0 Å². The van der Waals surface area contributed by atoms with Gasteiger partial charge < -0.3 is 0 Å². The fourth-order valence-corrected chi connectivity index (χ4v) is 1.95. The van der Waals surface area contributed by atoms with Crippen molar-refractivity contribution in [2.45, 2.75) is 0 Å². The van der Waals surface area contributed by atoms with Crippen LogP contribution in [0.4, 0.5) is 4.39 Å². The molecule has 0 N–H and O–H groups in total. The lowest BCUT2D eigenvalue weighted by molar-refractivity contribution is 0.0998. The number of rotatable bonds is 2. The van der Waals surface area contributed by atoms with Gasteiger partial charge in [-0.05, 0) is 36.4 Å². The van der Waals surface area contributed by atoms with Crippen LogP contribution < -0.4 is 5.36 Å². The van der Waals surface area contributed by atoms with Crippen LogP contribution in [0.3, 0.4) is 0 Å². The van der Waals surface area contributed by atoms with Gasteiger partial charge in [-0.1, -0.05) is 24.3 Å². The average Bonchev–Trinajstić information content (AvgIpc) is 2.56. The summed E-state index contributed by atoms with van der Waals surface area (Å²) in [5.74, 6) is -0.965. The third-order valence-electron chi connectivity index (χ3n) is 3.02. The minimum atomic E-state index is -0.501. The number of para-hydroxylation sites is 1. The van der Waals surface area contributed by atoms with Crippen molar-refractivity contribution in [2.75, 3.05) is 0 Å². The summed E-state index contributed by atoms with van der Waals surface area (Å²) in [5.41, 5.74) is 1.12. The molecule has 0 aliphatic rings. The molecule has 0 spiro atoms. The molecule has 0 radical (unpaired) electrons. The summed E-state index contributed by atoms with van der Waals surface area (Å²) in [6, 6.07) is 16.7. The molecule has 0 atom stereocenters. The SMILES string of the molecule is O=C(N=c1ccn(-c2ccccc2)nc1)c1cccc(F)c1. The molecular weight excluding hydrogens is 281 g/mol. The van der Waals surface area contributed by atoms with Crippen LogP contribution in [0, 0.1) is 5.82 Å². The van der Waals surface area contributed by atoms with E-state index in [9.17, 15) is 9.18 Å². The molecule has 1 amide bonds. The highest BCUT2D eigenvalue weighted by Crippen LogP contribution is 2.05. The maximum absolute atomic E-state index is 13.1. The van der Waals surface area contributed by atoms with E-state index in [-0.39, 0.29) is 5.56 Å². The lowest BCUT2D eigenvalue weighted by Gasteiger charge is -2.03. The number of amides is 1. The Morgan fingerprint density at radius 2 is 1.86 bits per heavy atom. The largest absolute Gasteiger partial charge is 0.277 e. The molecule has 0 saturated carbocycles. The van der Waals surface area contributed by atoms with Crippen LogP contribution in [0.1, 0.15) is 10.4 Å². The first-order valence-electron chi connectivity index (χ1n) is 6.67. The lowest BCUT2D eigenvalue weighted by atomic mass is 10.2. The van der Waals surface area contributed by atoms with Gasteiger partial charge in [0, 0.05) is 11.8 Å². The van der Waals surface area contributed by atoms with E-state index in [2.05, 4.69) is 10.1 Å². The van der Waals surface area contributed by atoms with Crippen LogP contribution in [0.2, 0.25) is 0 Å². The minimum absolute atomic E-state index is 0.208. The van der Waals surface area contributed by atoms with E-state index in [4.69, 9.17) is 0 Å². The van der Waals surface area contributed by atoms with Crippen molar-refractivity contribution in [3.05, 3.63) is 89.8 Å². The Hall–Kier alpha value is -3.08. The number of carbonyl (C=O) groups is 1.